The molecule has 0 aliphatic heterocycles. The van der Waals surface area contributed by atoms with Gasteiger partial charge >= 0.3 is 5.97 Å². The van der Waals surface area contributed by atoms with E-state index in [1.54, 1.807) is 0 Å². The van der Waals surface area contributed by atoms with Crippen molar-refractivity contribution in [1.29, 1.82) is 0 Å². The zero-order chi connectivity index (χ0) is 21.7. The van der Waals surface area contributed by atoms with Gasteiger partial charge in [-0.05, 0) is 139 Å². The average molecular weight is 381 g/mol. The Bertz CT molecular complexity index is 917. The van der Waals surface area contributed by atoms with E-state index in [0.29, 0.717) is 5.56 Å². The molecule has 152 valence electrons. The maximum Gasteiger partial charge on any atom is 0.339 e. The predicted molar refractivity (Wildman–Crippen MR) is 119 cm³/mol. The van der Waals surface area contributed by atoms with E-state index >= 15 is 0 Å². The molecular formula is C26H36O2. The van der Waals surface area contributed by atoms with Gasteiger partial charge in [0.05, 0.1) is 5.56 Å². The summed E-state index contributed by atoms with van der Waals surface area (Å²) in [5.41, 5.74) is 13.0. The summed E-state index contributed by atoms with van der Waals surface area (Å²) >= 11 is 0. The maximum absolute atomic E-state index is 13.3. The largest absolute Gasteiger partial charge is 0.451 e. The highest BCUT2D eigenvalue weighted by atomic mass is 16.6. The molecule has 0 aliphatic rings. The predicted octanol–water partition coefficient (Wildman–Crippen LogP) is 6.86. The lowest BCUT2D eigenvalue weighted by Crippen LogP contribution is -2.29. The standard InChI is InChI=1S/C26H36O2/c1-13-15(3)19(7)23(20(8)16(13)4)25(27)28-26(11,12)24-21(9)17(5)14(2)18(6)22(24)10/h1-12H3. The quantitative estimate of drug-likeness (QED) is 0.543. The number of hydrogen-bond donors (Lipinski definition) is 0. The average Bonchev–Trinajstić information content (AvgIpc) is 2.61. The molecule has 0 heterocycles. The van der Waals surface area contributed by atoms with Crippen molar-refractivity contribution < 1.29 is 9.53 Å². The van der Waals surface area contributed by atoms with Gasteiger partial charge in [-0.25, -0.2) is 4.79 Å². The molecule has 0 radical (unpaired) electrons. The fraction of sp³-hybridized carbons (Fsp3) is 0.500. The summed E-state index contributed by atoms with van der Waals surface area (Å²) in [4.78, 5) is 13.3. The molecule has 0 fully saturated rings. The van der Waals surface area contributed by atoms with Crippen molar-refractivity contribution >= 4 is 5.97 Å². The first-order chi connectivity index (χ1) is 12.7. The summed E-state index contributed by atoms with van der Waals surface area (Å²) in [6.07, 6.45) is 0. The lowest BCUT2D eigenvalue weighted by atomic mass is 9.82. The van der Waals surface area contributed by atoms with E-state index in [1.165, 1.54) is 44.5 Å². The van der Waals surface area contributed by atoms with Gasteiger partial charge in [-0.3, -0.25) is 0 Å². The lowest BCUT2D eigenvalue weighted by Gasteiger charge is -2.32. The van der Waals surface area contributed by atoms with Crippen molar-refractivity contribution in [2.75, 3.05) is 0 Å². The van der Waals surface area contributed by atoms with Crippen LogP contribution < -0.4 is 0 Å². The van der Waals surface area contributed by atoms with E-state index in [9.17, 15) is 4.79 Å². The molecule has 2 aromatic rings. The lowest BCUT2D eigenvalue weighted by molar-refractivity contribution is -0.00384. The minimum Gasteiger partial charge on any atom is -0.451 e. The zero-order valence-electron chi connectivity index (χ0n) is 19.8. The van der Waals surface area contributed by atoms with Gasteiger partial charge in [0.15, 0.2) is 0 Å². The molecule has 0 saturated carbocycles. The second-order valence-electron chi connectivity index (χ2n) is 8.90. The van der Waals surface area contributed by atoms with Crippen LogP contribution in [0, 0.1) is 69.2 Å². The smallest absolute Gasteiger partial charge is 0.339 e. The van der Waals surface area contributed by atoms with Gasteiger partial charge in [0.2, 0.25) is 0 Å². The molecule has 0 bridgehead atoms. The first-order valence-electron chi connectivity index (χ1n) is 10.1. The van der Waals surface area contributed by atoms with Crippen molar-refractivity contribution in [2.24, 2.45) is 0 Å². The Morgan fingerprint density at radius 3 is 1.18 bits per heavy atom. The second kappa shape index (κ2) is 7.39. The molecule has 0 atom stereocenters. The second-order valence-corrected chi connectivity index (χ2v) is 8.90. The van der Waals surface area contributed by atoms with Gasteiger partial charge in [0.25, 0.3) is 0 Å². The number of esters is 1. The van der Waals surface area contributed by atoms with E-state index in [4.69, 9.17) is 4.74 Å². The van der Waals surface area contributed by atoms with Crippen molar-refractivity contribution in [2.45, 2.75) is 88.7 Å². The molecule has 0 saturated heterocycles. The molecule has 0 unspecified atom stereocenters. The van der Waals surface area contributed by atoms with Crippen molar-refractivity contribution in [1.82, 2.24) is 0 Å². The van der Waals surface area contributed by atoms with E-state index in [0.717, 1.165) is 16.7 Å². The highest BCUT2D eigenvalue weighted by Gasteiger charge is 2.32. The van der Waals surface area contributed by atoms with E-state index in [-0.39, 0.29) is 5.97 Å². The summed E-state index contributed by atoms with van der Waals surface area (Å²) < 4.78 is 6.19. The molecule has 0 N–H and O–H groups in total. The van der Waals surface area contributed by atoms with Crippen molar-refractivity contribution in [3.8, 4) is 0 Å². The third-order valence-corrected chi connectivity index (χ3v) is 7.15. The van der Waals surface area contributed by atoms with Crippen molar-refractivity contribution in [3.05, 3.63) is 66.8 Å². The molecule has 2 rings (SSSR count). The number of carbonyl (C=O) groups is 1. The number of rotatable bonds is 3. The third-order valence-electron chi connectivity index (χ3n) is 7.15. The van der Waals surface area contributed by atoms with Crippen LogP contribution in [0.3, 0.4) is 0 Å². The first-order valence-corrected chi connectivity index (χ1v) is 10.1. The summed E-state index contributed by atoms with van der Waals surface area (Å²) in [6, 6.07) is 0. The Balaban J connectivity index is 2.60. The molecule has 0 aromatic heterocycles. The highest BCUT2D eigenvalue weighted by molar-refractivity contribution is 5.94. The van der Waals surface area contributed by atoms with Crippen molar-refractivity contribution in [3.63, 3.8) is 0 Å². The van der Waals surface area contributed by atoms with Crippen LogP contribution in [0.5, 0.6) is 0 Å². The van der Waals surface area contributed by atoms with Gasteiger partial charge in [0, 0.05) is 5.56 Å². The number of hydrogen-bond acceptors (Lipinski definition) is 2. The fourth-order valence-corrected chi connectivity index (χ4v) is 4.54. The number of ether oxygens (including phenoxy) is 1. The van der Waals surface area contributed by atoms with Crippen LogP contribution in [0.1, 0.15) is 85.4 Å². The minimum atomic E-state index is -0.708. The maximum atomic E-state index is 13.3. The molecule has 0 amide bonds. The summed E-state index contributed by atoms with van der Waals surface area (Å²) in [7, 11) is 0. The molecule has 2 heteroatoms. The Morgan fingerprint density at radius 2 is 0.821 bits per heavy atom. The highest BCUT2D eigenvalue weighted by Crippen LogP contribution is 2.37. The van der Waals surface area contributed by atoms with Gasteiger partial charge in [-0.15, -0.1) is 0 Å². The van der Waals surface area contributed by atoms with Crippen LogP contribution in [0.15, 0.2) is 0 Å². The van der Waals surface area contributed by atoms with E-state index < -0.39 is 5.60 Å². The third kappa shape index (κ3) is 3.38. The van der Waals surface area contributed by atoms with Crippen LogP contribution >= 0.6 is 0 Å². The van der Waals surface area contributed by atoms with Gasteiger partial charge in [-0.2, -0.15) is 0 Å². The molecule has 28 heavy (non-hydrogen) atoms. The fourth-order valence-electron chi connectivity index (χ4n) is 4.54. The Morgan fingerprint density at radius 1 is 0.536 bits per heavy atom. The van der Waals surface area contributed by atoms with E-state index in [1.807, 2.05) is 27.7 Å². The van der Waals surface area contributed by atoms with Crippen LogP contribution in [0.25, 0.3) is 0 Å². The van der Waals surface area contributed by atoms with Crippen LogP contribution in [0.4, 0.5) is 0 Å². The Labute approximate surface area is 171 Å². The monoisotopic (exact) mass is 380 g/mol. The number of carbonyl (C=O) groups excluding carboxylic acids is 1. The van der Waals surface area contributed by atoms with Crippen LogP contribution in [-0.4, -0.2) is 5.97 Å². The Kier molecular flexibility index (Phi) is 5.86. The molecule has 0 aliphatic carbocycles. The molecule has 2 nitrogen and oxygen atoms in total. The first kappa shape index (κ1) is 22.2. The normalized spacial score (nSPS) is 11.7. The molecular weight excluding hydrogens is 344 g/mol. The summed E-state index contributed by atoms with van der Waals surface area (Å²) in [6.45, 7) is 25.1. The molecule has 0 spiro atoms. The van der Waals surface area contributed by atoms with Crippen LogP contribution in [-0.2, 0) is 10.3 Å². The summed E-state index contributed by atoms with van der Waals surface area (Å²) in [5, 5.41) is 0. The van der Waals surface area contributed by atoms with Gasteiger partial charge in [0.1, 0.15) is 5.60 Å². The Hall–Kier alpha value is -2.09. The summed E-state index contributed by atoms with van der Waals surface area (Å²) in [5.74, 6) is -0.235. The molecule has 2 aromatic carbocycles. The minimum absolute atomic E-state index is 0.235. The number of benzene rings is 2. The van der Waals surface area contributed by atoms with Crippen LogP contribution in [0.2, 0.25) is 0 Å². The SMILES string of the molecule is Cc1c(C)c(C)c(C(=O)OC(C)(C)c2c(C)c(C)c(C)c(C)c2C)c(C)c1C. The topological polar surface area (TPSA) is 26.3 Å². The van der Waals surface area contributed by atoms with E-state index in [2.05, 4.69) is 55.4 Å². The van der Waals surface area contributed by atoms with Gasteiger partial charge < -0.3 is 4.74 Å². The zero-order valence-corrected chi connectivity index (χ0v) is 19.8. The van der Waals surface area contributed by atoms with Gasteiger partial charge in [-0.1, -0.05) is 0 Å².